The lowest BCUT2D eigenvalue weighted by atomic mass is 10.1. The number of carbonyl (C=O) groups is 1. The minimum Gasteiger partial charge on any atom is -0.396 e. The molecule has 0 aliphatic rings. The largest absolute Gasteiger partial charge is 0.396 e. The molecule has 4 aromatic rings. The van der Waals surface area contributed by atoms with Crippen LogP contribution in [-0.4, -0.2) is 19.0 Å². The molecular weight excluding hydrogens is 469 g/mol. The summed E-state index contributed by atoms with van der Waals surface area (Å²) >= 11 is 0.737. The van der Waals surface area contributed by atoms with E-state index in [1.54, 1.807) is 6.07 Å². The van der Waals surface area contributed by atoms with E-state index in [-0.39, 0.29) is 25.8 Å². The highest BCUT2D eigenvalue weighted by atomic mass is 32.2. The van der Waals surface area contributed by atoms with Gasteiger partial charge in [0.2, 0.25) is 0 Å². The van der Waals surface area contributed by atoms with E-state index in [2.05, 4.69) is 5.32 Å². The number of rotatable bonds is 4. The first-order valence-corrected chi connectivity index (χ1v) is 11.5. The number of fused-ring (bicyclic) bond motifs is 1. The Morgan fingerprint density at radius 1 is 1.12 bits per heavy atom. The van der Waals surface area contributed by atoms with Crippen LogP contribution in [0.15, 0.2) is 69.8 Å². The van der Waals surface area contributed by atoms with Crippen molar-refractivity contribution in [2.45, 2.75) is 4.21 Å². The monoisotopic (exact) mass is 483 g/mol. The van der Waals surface area contributed by atoms with Crippen molar-refractivity contribution in [1.82, 2.24) is 9.29 Å². The molecule has 166 valence electrons. The molecule has 0 radical (unpaired) electrons. The van der Waals surface area contributed by atoms with Crippen molar-refractivity contribution >= 4 is 49.5 Å². The van der Waals surface area contributed by atoms with Crippen LogP contribution in [-0.2, 0) is 10.0 Å². The third-order valence-corrected chi connectivity index (χ3v) is 7.42. The summed E-state index contributed by atoms with van der Waals surface area (Å²) in [5.41, 5.74) is 5.75. The minimum absolute atomic E-state index is 0.0556. The first kappa shape index (κ1) is 22.0. The fourth-order valence-electron chi connectivity index (χ4n) is 3.05. The van der Waals surface area contributed by atoms with Gasteiger partial charge in [-0.25, -0.2) is 22.3 Å². The number of urea groups is 1. The molecule has 2 amide bonds. The Bertz CT molecular complexity index is 1600. The van der Waals surface area contributed by atoms with Gasteiger partial charge in [0.05, 0.1) is 11.1 Å². The summed E-state index contributed by atoms with van der Waals surface area (Å²) in [6.45, 7) is 0. The van der Waals surface area contributed by atoms with Gasteiger partial charge in [-0.2, -0.15) is 5.26 Å². The van der Waals surface area contributed by atoms with Gasteiger partial charge in [0.15, 0.2) is 0 Å². The molecule has 0 atom stereocenters. The number of pyridine rings is 1. The van der Waals surface area contributed by atoms with E-state index in [0.29, 0.717) is 11.1 Å². The van der Waals surface area contributed by atoms with Gasteiger partial charge < -0.3 is 11.1 Å². The maximum Gasteiger partial charge on any atom is 0.333 e. The Hall–Kier alpha value is -4.21. The van der Waals surface area contributed by atoms with Crippen LogP contribution in [0.25, 0.3) is 16.5 Å². The Kier molecular flexibility index (Phi) is 5.59. The van der Waals surface area contributed by atoms with Gasteiger partial charge >= 0.3 is 6.03 Å². The molecule has 0 saturated carbocycles. The number of benzene rings is 2. The molecule has 0 aliphatic carbocycles. The second-order valence-corrected chi connectivity index (χ2v) is 9.78. The number of amides is 2. The summed E-state index contributed by atoms with van der Waals surface area (Å²) in [7, 11) is -4.13. The average molecular weight is 484 g/mol. The summed E-state index contributed by atoms with van der Waals surface area (Å²) in [4.78, 5) is 25.1. The van der Waals surface area contributed by atoms with Crippen LogP contribution < -0.4 is 21.3 Å². The molecule has 0 spiro atoms. The van der Waals surface area contributed by atoms with E-state index in [1.165, 1.54) is 53.2 Å². The topological polar surface area (TPSA) is 147 Å². The number of hydrogen-bond acceptors (Lipinski definition) is 7. The van der Waals surface area contributed by atoms with Crippen LogP contribution in [0.2, 0.25) is 0 Å². The molecule has 2 heterocycles. The summed E-state index contributed by atoms with van der Waals surface area (Å²) in [5.74, 6) is -0.691. The highest BCUT2D eigenvalue weighted by Gasteiger charge is 2.20. The zero-order chi connectivity index (χ0) is 23.8. The second-order valence-electron chi connectivity index (χ2n) is 6.79. The standard InChI is InChI=1S/C21H14FN5O4S2/c22-17-10-16-12(9-18(17)24)7-8-27(20(16)28)14-3-1-13(2-4-14)25-21(29)26-33(30,31)19-6-5-15(11-23)32-19/h1-10H,24H2,(H2,25,26,29). The molecule has 2 aromatic carbocycles. The molecule has 0 bridgehead atoms. The van der Waals surface area contributed by atoms with Crippen molar-refractivity contribution < 1.29 is 17.6 Å². The number of nitriles is 1. The number of thiophene rings is 1. The smallest absolute Gasteiger partial charge is 0.333 e. The molecule has 4 rings (SSSR count). The number of nitrogens with two attached hydrogens (primary N) is 1. The number of anilines is 2. The maximum absolute atomic E-state index is 13.8. The van der Waals surface area contributed by atoms with Crippen LogP contribution in [0.4, 0.5) is 20.6 Å². The summed E-state index contributed by atoms with van der Waals surface area (Å²) in [5, 5.41) is 11.9. The van der Waals surface area contributed by atoms with Gasteiger partial charge in [-0.3, -0.25) is 9.36 Å². The molecule has 9 nitrogen and oxygen atoms in total. The maximum atomic E-state index is 13.8. The average Bonchev–Trinajstić information content (AvgIpc) is 3.26. The zero-order valence-electron chi connectivity index (χ0n) is 16.6. The summed E-state index contributed by atoms with van der Waals surface area (Å²) < 4.78 is 41.3. The SMILES string of the molecule is N#Cc1ccc(S(=O)(=O)NC(=O)Nc2ccc(-n3ccc4cc(N)c(F)cc4c3=O)cc2)s1. The third kappa shape index (κ3) is 4.40. The predicted molar refractivity (Wildman–Crippen MR) is 122 cm³/mol. The normalized spacial score (nSPS) is 11.2. The quantitative estimate of drug-likeness (QED) is 0.380. The van der Waals surface area contributed by atoms with Crippen molar-refractivity contribution in [1.29, 1.82) is 5.26 Å². The van der Waals surface area contributed by atoms with Gasteiger partial charge in [0.25, 0.3) is 15.6 Å². The highest BCUT2D eigenvalue weighted by Crippen LogP contribution is 2.21. The van der Waals surface area contributed by atoms with Crippen molar-refractivity contribution in [3.63, 3.8) is 0 Å². The number of hydrogen-bond donors (Lipinski definition) is 3. The van der Waals surface area contributed by atoms with E-state index in [9.17, 15) is 22.4 Å². The first-order valence-electron chi connectivity index (χ1n) is 9.22. The number of nitrogens with zero attached hydrogens (tertiary/aromatic N) is 2. The molecule has 4 N–H and O–H groups in total. The van der Waals surface area contributed by atoms with Crippen LogP contribution in [0.3, 0.4) is 0 Å². The summed E-state index contributed by atoms with van der Waals surface area (Å²) in [6.07, 6.45) is 1.51. The zero-order valence-corrected chi connectivity index (χ0v) is 18.2. The van der Waals surface area contributed by atoms with Crippen LogP contribution in [0.1, 0.15) is 4.88 Å². The molecule has 0 aliphatic heterocycles. The van der Waals surface area contributed by atoms with Crippen molar-refractivity contribution in [2.75, 3.05) is 11.1 Å². The lowest BCUT2D eigenvalue weighted by Crippen LogP contribution is -2.33. The number of aromatic nitrogens is 1. The van der Waals surface area contributed by atoms with Gasteiger partial charge in [0.1, 0.15) is 21.0 Å². The van der Waals surface area contributed by atoms with Crippen LogP contribution >= 0.6 is 11.3 Å². The number of sulfonamides is 1. The summed E-state index contributed by atoms with van der Waals surface area (Å²) in [6, 6.07) is 13.5. The van der Waals surface area contributed by atoms with E-state index in [1.807, 2.05) is 10.8 Å². The third-order valence-electron chi connectivity index (χ3n) is 4.61. The Morgan fingerprint density at radius 2 is 1.85 bits per heavy atom. The molecule has 0 fully saturated rings. The minimum atomic E-state index is -4.13. The lowest BCUT2D eigenvalue weighted by Gasteiger charge is -2.10. The Balaban J connectivity index is 1.52. The Morgan fingerprint density at radius 3 is 2.52 bits per heavy atom. The van der Waals surface area contributed by atoms with Gasteiger partial charge in [-0.15, -0.1) is 11.3 Å². The molecule has 33 heavy (non-hydrogen) atoms. The van der Waals surface area contributed by atoms with Gasteiger partial charge in [-0.05, 0) is 60.0 Å². The number of carbonyl (C=O) groups excluding carboxylic acids is 1. The van der Waals surface area contributed by atoms with Crippen LogP contribution in [0.5, 0.6) is 0 Å². The highest BCUT2D eigenvalue weighted by molar-refractivity contribution is 7.92. The van der Waals surface area contributed by atoms with E-state index in [0.717, 1.165) is 17.4 Å². The number of nitrogen functional groups attached to an aromatic ring is 1. The molecule has 2 aromatic heterocycles. The van der Waals surface area contributed by atoms with E-state index in [4.69, 9.17) is 11.0 Å². The lowest BCUT2D eigenvalue weighted by molar-refractivity contribution is 0.256. The van der Waals surface area contributed by atoms with E-state index >= 15 is 0 Å². The molecule has 0 saturated heterocycles. The van der Waals surface area contributed by atoms with Gasteiger partial charge in [-0.1, -0.05) is 0 Å². The van der Waals surface area contributed by atoms with Gasteiger partial charge in [0, 0.05) is 17.6 Å². The predicted octanol–water partition coefficient (Wildman–Crippen LogP) is 3.16. The molecule has 0 unspecified atom stereocenters. The van der Waals surface area contributed by atoms with Crippen LogP contribution in [0, 0.1) is 17.1 Å². The fourth-order valence-corrected chi connectivity index (χ4v) is 5.06. The number of halogens is 1. The van der Waals surface area contributed by atoms with E-state index < -0.39 is 27.4 Å². The van der Waals surface area contributed by atoms with Crippen molar-refractivity contribution in [3.8, 4) is 11.8 Å². The molecule has 12 heteroatoms. The van der Waals surface area contributed by atoms with Crippen molar-refractivity contribution in [3.05, 3.63) is 81.8 Å². The van der Waals surface area contributed by atoms with Crippen molar-refractivity contribution in [2.24, 2.45) is 0 Å². The second kappa shape index (κ2) is 8.38. The fraction of sp³-hybridized carbons (Fsp3) is 0. The molecular formula is C21H14FN5O4S2. The first-order chi connectivity index (χ1) is 15.7. The Labute approximate surface area is 190 Å². The number of nitrogens with one attached hydrogen (secondary N) is 2.